The second kappa shape index (κ2) is 11.9. The minimum atomic E-state index is 0.283. The smallest absolute Gasteiger partial charge is 0.00399 e. The van der Waals surface area contributed by atoms with Crippen molar-refractivity contribution < 1.29 is 0 Å². The van der Waals surface area contributed by atoms with Gasteiger partial charge in [-0.15, -0.1) is 0 Å². The highest BCUT2D eigenvalue weighted by Gasteiger charge is 2.09. The maximum absolute atomic E-state index is 6.11. The molecule has 0 rings (SSSR count). The van der Waals surface area contributed by atoms with E-state index < -0.39 is 0 Å². The lowest BCUT2D eigenvalue weighted by molar-refractivity contribution is 0.438. The second-order valence-electron chi connectivity index (χ2n) is 5.72. The van der Waals surface area contributed by atoms with Gasteiger partial charge in [-0.05, 0) is 38.5 Å². The normalized spacial score (nSPS) is 16.5. The molecular weight excluding hydrogens is 222 g/mol. The molecule has 0 bridgehead atoms. The van der Waals surface area contributed by atoms with E-state index in [0.29, 0.717) is 12.1 Å². The molecule has 0 radical (unpaired) electrons. The lowest BCUT2D eigenvalue weighted by atomic mass is 9.97. The van der Waals surface area contributed by atoms with Gasteiger partial charge in [0.05, 0.1) is 0 Å². The fourth-order valence-corrected chi connectivity index (χ4v) is 2.32. The van der Waals surface area contributed by atoms with Crippen LogP contribution in [0.1, 0.15) is 78.1 Å². The van der Waals surface area contributed by atoms with Gasteiger partial charge in [0.1, 0.15) is 0 Å². The molecule has 0 heterocycles. The number of unbranched alkanes of at least 4 members (excludes halogenated alkanes) is 2. The number of rotatable bonds is 12. The molecule has 3 atom stereocenters. The summed E-state index contributed by atoms with van der Waals surface area (Å²) in [6.45, 7) is 4.40. The van der Waals surface area contributed by atoms with Crippen LogP contribution >= 0.6 is 0 Å². The van der Waals surface area contributed by atoms with Crippen LogP contribution in [0.4, 0.5) is 0 Å². The largest absolute Gasteiger partial charge is 0.328 e. The van der Waals surface area contributed by atoms with Crippen LogP contribution in [0, 0.1) is 0 Å². The van der Waals surface area contributed by atoms with Gasteiger partial charge < -0.3 is 17.2 Å². The van der Waals surface area contributed by atoms with E-state index in [-0.39, 0.29) is 6.04 Å². The van der Waals surface area contributed by atoms with Crippen molar-refractivity contribution in [2.24, 2.45) is 17.2 Å². The van der Waals surface area contributed by atoms with Crippen molar-refractivity contribution in [3.05, 3.63) is 0 Å². The SMILES string of the molecule is CCCCCC(N)CCC(N)CCC(N)CCC. The molecule has 0 aromatic rings. The molecule has 18 heavy (non-hydrogen) atoms. The van der Waals surface area contributed by atoms with Crippen molar-refractivity contribution in [3.8, 4) is 0 Å². The lowest BCUT2D eigenvalue weighted by Crippen LogP contribution is -2.29. The lowest BCUT2D eigenvalue weighted by Gasteiger charge is -2.17. The first-order valence-electron chi connectivity index (χ1n) is 7.86. The van der Waals surface area contributed by atoms with Crippen molar-refractivity contribution in [2.45, 2.75) is 96.2 Å². The fourth-order valence-electron chi connectivity index (χ4n) is 2.32. The summed E-state index contributed by atoms with van der Waals surface area (Å²) in [5, 5.41) is 0. The van der Waals surface area contributed by atoms with Crippen LogP contribution < -0.4 is 17.2 Å². The molecule has 0 saturated heterocycles. The van der Waals surface area contributed by atoms with Gasteiger partial charge in [0.15, 0.2) is 0 Å². The number of hydrogen-bond acceptors (Lipinski definition) is 3. The summed E-state index contributed by atoms with van der Waals surface area (Å²) in [6, 6.07) is 0.955. The molecule has 0 aliphatic carbocycles. The van der Waals surface area contributed by atoms with E-state index >= 15 is 0 Å². The molecule has 3 heteroatoms. The average Bonchev–Trinajstić information content (AvgIpc) is 2.34. The van der Waals surface area contributed by atoms with Crippen LogP contribution in [0.25, 0.3) is 0 Å². The highest BCUT2D eigenvalue weighted by molar-refractivity contribution is 4.71. The van der Waals surface area contributed by atoms with Gasteiger partial charge in [-0.25, -0.2) is 0 Å². The molecule has 0 fully saturated rings. The Labute approximate surface area is 114 Å². The number of nitrogens with two attached hydrogens (primary N) is 3. The molecule has 6 N–H and O–H groups in total. The topological polar surface area (TPSA) is 78.1 Å². The van der Waals surface area contributed by atoms with Crippen LogP contribution in [0.2, 0.25) is 0 Å². The van der Waals surface area contributed by atoms with Gasteiger partial charge in [0.25, 0.3) is 0 Å². The predicted molar refractivity (Wildman–Crippen MR) is 81.4 cm³/mol. The van der Waals surface area contributed by atoms with E-state index in [4.69, 9.17) is 17.2 Å². The minimum Gasteiger partial charge on any atom is -0.328 e. The van der Waals surface area contributed by atoms with E-state index in [0.717, 1.165) is 38.5 Å². The highest BCUT2D eigenvalue weighted by atomic mass is 14.7. The summed E-state index contributed by atoms with van der Waals surface area (Å²) in [7, 11) is 0. The van der Waals surface area contributed by atoms with Crippen molar-refractivity contribution >= 4 is 0 Å². The molecule has 0 amide bonds. The molecule has 3 nitrogen and oxygen atoms in total. The van der Waals surface area contributed by atoms with Crippen LogP contribution in [0.3, 0.4) is 0 Å². The summed E-state index contributed by atoms with van der Waals surface area (Å²) in [5.74, 6) is 0. The Kier molecular flexibility index (Phi) is 11.9. The monoisotopic (exact) mass is 257 g/mol. The quantitative estimate of drug-likeness (QED) is 0.470. The Morgan fingerprint density at radius 3 is 1.44 bits per heavy atom. The summed E-state index contributed by atoms with van der Waals surface area (Å²) >= 11 is 0. The third kappa shape index (κ3) is 11.0. The summed E-state index contributed by atoms with van der Waals surface area (Å²) in [4.78, 5) is 0. The maximum Gasteiger partial charge on any atom is 0.00399 e. The number of hydrogen-bond donors (Lipinski definition) is 3. The van der Waals surface area contributed by atoms with Crippen molar-refractivity contribution in [2.75, 3.05) is 0 Å². The minimum absolute atomic E-state index is 0.283. The molecule has 0 aromatic carbocycles. The van der Waals surface area contributed by atoms with Crippen LogP contribution in [-0.4, -0.2) is 18.1 Å². The summed E-state index contributed by atoms with van der Waals surface area (Å²) in [5.41, 5.74) is 18.2. The maximum atomic E-state index is 6.11. The zero-order valence-electron chi connectivity index (χ0n) is 12.5. The van der Waals surface area contributed by atoms with Gasteiger partial charge in [0, 0.05) is 18.1 Å². The van der Waals surface area contributed by atoms with Gasteiger partial charge in [0.2, 0.25) is 0 Å². The fraction of sp³-hybridized carbons (Fsp3) is 1.00. The van der Waals surface area contributed by atoms with Gasteiger partial charge in [-0.3, -0.25) is 0 Å². The zero-order valence-corrected chi connectivity index (χ0v) is 12.5. The third-order valence-electron chi connectivity index (χ3n) is 3.65. The van der Waals surface area contributed by atoms with Crippen molar-refractivity contribution in [1.82, 2.24) is 0 Å². The van der Waals surface area contributed by atoms with Crippen molar-refractivity contribution in [1.29, 1.82) is 0 Å². The second-order valence-corrected chi connectivity index (χ2v) is 5.72. The Balaban J connectivity index is 3.47. The van der Waals surface area contributed by atoms with Crippen molar-refractivity contribution in [3.63, 3.8) is 0 Å². The first kappa shape index (κ1) is 17.9. The first-order valence-corrected chi connectivity index (χ1v) is 7.86. The molecule has 110 valence electrons. The van der Waals surface area contributed by atoms with E-state index in [1.165, 1.54) is 25.7 Å². The zero-order chi connectivity index (χ0) is 13.8. The predicted octanol–water partition coefficient (Wildman–Crippen LogP) is 2.91. The Morgan fingerprint density at radius 1 is 0.556 bits per heavy atom. The molecule has 0 aromatic heterocycles. The van der Waals surface area contributed by atoms with Crippen LogP contribution in [-0.2, 0) is 0 Å². The van der Waals surface area contributed by atoms with E-state index in [2.05, 4.69) is 13.8 Å². The van der Waals surface area contributed by atoms with Gasteiger partial charge >= 0.3 is 0 Å². The first-order chi connectivity index (χ1) is 8.60. The summed E-state index contributed by atoms with van der Waals surface area (Å²) in [6.07, 6.45) is 11.5. The molecule has 0 aliphatic heterocycles. The molecule has 0 aliphatic rings. The standard InChI is InChI=1S/C15H35N3/c1-3-5-6-8-14(17)10-12-15(18)11-9-13(16)7-4-2/h13-15H,3-12,16-18H2,1-2H3. The summed E-state index contributed by atoms with van der Waals surface area (Å²) < 4.78 is 0. The van der Waals surface area contributed by atoms with E-state index in [1.807, 2.05) is 0 Å². The molecule has 3 unspecified atom stereocenters. The molecular formula is C15H35N3. The van der Waals surface area contributed by atoms with Gasteiger partial charge in [-0.2, -0.15) is 0 Å². The molecule has 0 saturated carbocycles. The Bertz CT molecular complexity index is 173. The Morgan fingerprint density at radius 2 is 1.00 bits per heavy atom. The third-order valence-corrected chi connectivity index (χ3v) is 3.65. The van der Waals surface area contributed by atoms with Crippen LogP contribution in [0.5, 0.6) is 0 Å². The highest BCUT2D eigenvalue weighted by Crippen LogP contribution is 2.11. The molecule has 0 spiro atoms. The van der Waals surface area contributed by atoms with E-state index in [9.17, 15) is 0 Å². The van der Waals surface area contributed by atoms with E-state index in [1.54, 1.807) is 0 Å². The van der Waals surface area contributed by atoms with Gasteiger partial charge in [-0.1, -0.05) is 39.5 Å². The Hall–Kier alpha value is -0.120. The van der Waals surface area contributed by atoms with Crippen LogP contribution in [0.15, 0.2) is 0 Å². The average molecular weight is 257 g/mol.